The summed E-state index contributed by atoms with van der Waals surface area (Å²) in [5.74, 6) is -0.721. The number of nitrogen functional groups attached to an aromatic ring is 1. The monoisotopic (exact) mass is 260 g/mol. The minimum Gasteiger partial charge on any atom is -0.382 e. The molecule has 1 aromatic carbocycles. The fourth-order valence-corrected chi connectivity index (χ4v) is 1.73. The van der Waals surface area contributed by atoms with Crippen molar-refractivity contribution in [2.45, 2.75) is 13.3 Å². The molecule has 2 rings (SSSR count). The Morgan fingerprint density at radius 2 is 1.89 bits per heavy atom. The molecule has 1 heterocycles. The van der Waals surface area contributed by atoms with Gasteiger partial charge in [0.1, 0.15) is 17.3 Å². The van der Waals surface area contributed by atoms with Gasteiger partial charge in [0.25, 0.3) is 5.91 Å². The zero-order valence-electron chi connectivity index (χ0n) is 10.4. The van der Waals surface area contributed by atoms with Crippen molar-refractivity contribution in [2.24, 2.45) is 5.73 Å². The summed E-state index contributed by atoms with van der Waals surface area (Å²) >= 11 is 0. The molecule has 0 radical (unpaired) electrons. The van der Waals surface area contributed by atoms with Gasteiger partial charge in [0.05, 0.1) is 11.4 Å². The second kappa shape index (κ2) is 5.01. The third kappa shape index (κ3) is 2.85. The molecule has 1 aromatic heterocycles. The van der Waals surface area contributed by atoms with E-state index in [0.717, 1.165) is 5.56 Å². The number of benzene rings is 1. The summed E-state index contributed by atoms with van der Waals surface area (Å²) in [7, 11) is 0. The number of anilines is 1. The first-order valence-corrected chi connectivity index (χ1v) is 5.64. The number of rotatable bonds is 3. The number of nitrogens with zero attached hydrogens (tertiary/aromatic N) is 2. The van der Waals surface area contributed by atoms with E-state index in [2.05, 4.69) is 9.97 Å². The molecule has 0 saturated carbocycles. The minimum atomic E-state index is -0.648. The SMILES string of the molecule is Cc1nc(N)c(Cc2ccc(F)cc2)nc1C(N)=O. The lowest BCUT2D eigenvalue weighted by molar-refractivity contribution is 0.0994. The van der Waals surface area contributed by atoms with Gasteiger partial charge in [-0.25, -0.2) is 14.4 Å². The van der Waals surface area contributed by atoms with Gasteiger partial charge in [-0.05, 0) is 24.6 Å². The van der Waals surface area contributed by atoms with Crippen LogP contribution < -0.4 is 11.5 Å². The Morgan fingerprint density at radius 3 is 2.47 bits per heavy atom. The van der Waals surface area contributed by atoms with Gasteiger partial charge in [-0.1, -0.05) is 12.1 Å². The van der Waals surface area contributed by atoms with E-state index >= 15 is 0 Å². The molecule has 0 aliphatic rings. The van der Waals surface area contributed by atoms with E-state index in [1.54, 1.807) is 19.1 Å². The molecule has 0 atom stereocenters. The standard InChI is InChI=1S/C13H13FN4O/c1-7-11(13(16)19)18-10(12(15)17-7)6-8-2-4-9(14)5-3-8/h2-5H,6H2,1H3,(H2,15,17)(H2,16,19). The van der Waals surface area contributed by atoms with Crippen molar-refractivity contribution >= 4 is 11.7 Å². The normalized spacial score (nSPS) is 10.4. The van der Waals surface area contributed by atoms with Crippen molar-refractivity contribution in [3.63, 3.8) is 0 Å². The molecule has 19 heavy (non-hydrogen) atoms. The molecular formula is C13H13FN4O. The second-order valence-corrected chi connectivity index (χ2v) is 4.16. The smallest absolute Gasteiger partial charge is 0.269 e. The third-order valence-electron chi connectivity index (χ3n) is 2.69. The predicted octanol–water partition coefficient (Wildman–Crippen LogP) is 1.20. The number of halogens is 1. The molecule has 98 valence electrons. The lowest BCUT2D eigenvalue weighted by atomic mass is 10.1. The number of carbonyl (C=O) groups excluding carboxylic acids is 1. The molecule has 0 unspecified atom stereocenters. The first-order valence-electron chi connectivity index (χ1n) is 5.64. The van der Waals surface area contributed by atoms with Crippen LogP contribution in [0.3, 0.4) is 0 Å². The number of hydrogen-bond donors (Lipinski definition) is 2. The highest BCUT2D eigenvalue weighted by molar-refractivity contribution is 5.92. The van der Waals surface area contributed by atoms with Crippen LogP contribution in [0.15, 0.2) is 24.3 Å². The van der Waals surface area contributed by atoms with Crippen LogP contribution in [0.5, 0.6) is 0 Å². The van der Waals surface area contributed by atoms with Crippen molar-refractivity contribution in [3.05, 3.63) is 52.7 Å². The van der Waals surface area contributed by atoms with Crippen LogP contribution in [0.1, 0.15) is 27.4 Å². The van der Waals surface area contributed by atoms with Gasteiger partial charge >= 0.3 is 0 Å². The lowest BCUT2D eigenvalue weighted by Gasteiger charge is -2.08. The molecule has 0 fully saturated rings. The Morgan fingerprint density at radius 1 is 1.26 bits per heavy atom. The molecule has 6 heteroatoms. The van der Waals surface area contributed by atoms with E-state index in [1.165, 1.54) is 12.1 Å². The lowest BCUT2D eigenvalue weighted by Crippen LogP contribution is -2.18. The molecule has 0 aliphatic carbocycles. The number of hydrogen-bond acceptors (Lipinski definition) is 4. The topological polar surface area (TPSA) is 94.9 Å². The maximum Gasteiger partial charge on any atom is 0.269 e. The number of primary amides is 1. The summed E-state index contributed by atoms with van der Waals surface area (Å²) < 4.78 is 12.8. The van der Waals surface area contributed by atoms with Crippen molar-refractivity contribution < 1.29 is 9.18 Å². The van der Waals surface area contributed by atoms with Gasteiger partial charge in [-0.3, -0.25) is 4.79 Å². The van der Waals surface area contributed by atoms with Crippen molar-refractivity contribution in [1.29, 1.82) is 0 Å². The van der Waals surface area contributed by atoms with E-state index in [1.807, 2.05) is 0 Å². The Balaban J connectivity index is 2.37. The predicted molar refractivity (Wildman–Crippen MR) is 68.9 cm³/mol. The highest BCUT2D eigenvalue weighted by Crippen LogP contribution is 2.15. The summed E-state index contributed by atoms with van der Waals surface area (Å²) in [6.45, 7) is 1.62. The fourth-order valence-electron chi connectivity index (χ4n) is 1.73. The van der Waals surface area contributed by atoms with Gasteiger partial charge in [-0.2, -0.15) is 0 Å². The van der Waals surface area contributed by atoms with Crippen LogP contribution in [0.25, 0.3) is 0 Å². The average Bonchev–Trinajstić information content (AvgIpc) is 2.34. The Labute approximate surface area is 109 Å². The summed E-state index contributed by atoms with van der Waals surface area (Å²) in [6.07, 6.45) is 0.361. The van der Waals surface area contributed by atoms with Crippen LogP contribution in [0.2, 0.25) is 0 Å². The number of nitrogens with two attached hydrogens (primary N) is 2. The molecule has 0 aliphatic heterocycles. The zero-order chi connectivity index (χ0) is 14.0. The number of carbonyl (C=O) groups is 1. The van der Waals surface area contributed by atoms with Gasteiger partial charge in [-0.15, -0.1) is 0 Å². The van der Waals surface area contributed by atoms with Gasteiger partial charge in [0.15, 0.2) is 0 Å². The van der Waals surface area contributed by atoms with Gasteiger partial charge in [0.2, 0.25) is 0 Å². The average molecular weight is 260 g/mol. The van der Waals surface area contributed by atoms with E-state index in [4.69, 9.17) is 11.5 Å². The Bertz CT molecular complexity index is 625. The van der Waals surface area contributed by atoms with Gasteiger partial charge in [0, 0.05) is 6.42 Å². The first kappa shape index (κ1) is 12.9. The van der Waals surface area contributed by atoms with E-state index < -0.39 is 5.91 Å². The summed E-state index contributed by atoms with van der Waals surface area (Å²) in [6, 6.07) is 5.95. The number of amides is 1. The highest BCUT2D eigenvalue weighted by Gasteiger charge is 2.13. The van der Waals surface area contributed by atoms with E-state index in [9.17, 15) is 9.18 Å². The van der Waals surface area contributed by atoms with Crippen molar-refractivity contribution in [3.8, 4) is 0 Å². The van der Waals surface area contributed by atoms with Crippen LogP contribution in [-0.2, 0) is 6.42 Å². The van der Waals surface area contributed by atoms with Crippen LogP contribution >= 0.6 is 0 Å². The minimum absolute atomic E-state index is 0.103. The molecule has 1 amide bonds. The van der Waals surface area contributed by atoms with Crippen molar-refractivity contribution in [1.82, 2.24) is 9.97 Å². The molecule has 0 spiro atoms. The largest absolute Gasteiger partial charge is 0.382 e. The van der Waals surface area contributed by atoms with Crippen LogP contribution in [0, 0.1) is 12.7 Å². The van der Waals surface area contributed by atoms with Crippen LogP contribution in [0.4, 0.5) is 10.2 Å². The van der Waals surface area contributed by atoms with E-state index in [-0.39, 0.29) is 17.3 Å². The quantitative estimate of drug-likeness (QED) is 0.866. The first-order chi connectivity index (χ1) is 8.97. The van der Waals surface area contributed by atoms with Gasteiger partial charge < -0.3 is 11.5 Å². The fraction of sp³-hybridized carbons (Fsp3) is 0.154. The van der Waals surface area contributed by atoms with Crippen LogP contribution in [-0.4, -0.2) is 15.9 Å². The number of aryl methyl sites for hydroxylation is 1. The molecular weight excluding hydrogens is 247 g/mol. The molecule has 4 N–H and O–H groups in total. The maximum atomic E-state index is 12.8. The zero-order valence-corrected chi connectivity index (χ0v) is 10.4. The molecule has 0 saturated heterocycles. The molecule has 5 nitrogen and oxygen atoms in total. The second-order valence-electron chi connectivity index (χ2n) is 4.16. The summed E-state index contributed by atoms with van der Waals surface area (Å²) in [5.41, 5.74) is 12.8. The van der Waals surface area contributed by atoms with E-state index in [0.29, 0.717) is 17.8 Å². The summed E-state index contributed by atoms with van der Waals surface area (Å²) in [4.78, 5) is 19.4. The Hall–Kier alpha value is -2.50. The number of aromatic nitrogens is 2. The highest BCUT2D eigenvalue weighted by atomic mass is 19.1. The maximum absolute atomic E-state index is 12.8. The third-order valence-corrected chi connectivity index (χ3v) is 2.69. The molecule has 0 bridgehead atoms. The summed E-state index contributed by atoms with van der Waals surface area (Å²) in [5, 5.41) is 0. The molecule has 2 aromatic rings. The Kier molecular flexibility index (Phi) is 3.41. The van der Waals surface area contributed by atoms with Crippen molar-refractivity contribution in [2.75, 3.05) is 5.73 Å².